The van der Waals surface area contributed by atoms with Crippen molar-refractivity contribution in [3.63, 3.8) is 0 Å². The molecule has 0 aliphatic carbocycles. The molecule has 0 heterocycles. The second-order valence-corrected chi connectivity index (χ2v) is 4.74. The van der Waals surface area contributed by atoms with Crippen molar-refractivity contribution in [2.75, 3.05) is 0 Å². The third-order valence-corrected chi connectivity index (χ3v) is 2.81. The molecule has 1 nitrogen and oxygen atoms in total. The third-order valence-electron chi connectivity index (χ3n) is 2.81. The Kier molecular flexibility index (Phi) is 3.25. The molecule has 0 saturated carbocycles. The molecule has 0 radical (unpaired) electrons. The Bertz CT molecular complexity index is 192. The Hall–Kier alpha value is -0.590. The van der Waals surface area contributed by atoms with Gasteiger partial charge in [-0.2, -0.15) is 0 Å². The van der Waals surface area contributed by atoms with Crippen LogP contribution in [0.1, 0.15) is 41.5 Å². The van der Waals surface area contributed by atoms with Gasteiger partial charge >= 0.3 is 0 Å². The molecule has 0 aromatic rings. The lowest BCUT2D eigenvalue weighted by atomic mass is 9.67. The first-order chi connectivity index (χ1) is 5.23. The average Bonchev–Trinajstić information content (AvgIpc) is 1.85. The summed E-state index contributed by atoms with van der Waals surface area (Å²) >= 11 is 0. The summed E-state index contributed by atoms with van der Waals surface area (Å²) in [6.45, 7) is 12.1. The summed E-state index contributed by atoms with van der Waals surface area (Å²) in [6.07, 6.45) is 3.46. The van der Waals surface area contributed by atoms with Crippen molar-refractivity contribution in [3.05, 3.63) is 12.2 Å². The first kappa shape index (κ1) is 11.4. The molecule has 12 heavy (non-hydrogen) atoms. The van der Waals surface area contributed by atoms with E-state index >= 15 is 0 Å². The maximum absolute atomic E-state index is 11.6. The molecule has 0 bridgehead atoms. The fourth-order valence-corrected chi connectivity index (χ4v) is 0.729. The smallest absolute Gasteiger partial charge is 0.161 e. The summed E-state index contributed by atoms with van der Waals surface area (Å²) in [5.74, 6) is 0.206. The van der Waals surface area contributed by atoms with Gasteiger partial charge in [0.05, 0.1) is 0 Å². The molecule has 1 heteroatoms. The van der Waals surface area contributed by atoms with Crippen LogP contribution in [-0.2, 0) is 4.79 Å². The first-order valence-corrected chi connectivity index (χ1v) is 4.40. The van der Waals surface area contributed by atoms with Gasteiger partial charge in [-0.05, 0) is 18.4 Å². The number of carbonyl (C=O) groups is 1. The highest BCUT2D eigenvalue weighted by atomic mass is 16.1. The van der Waals surface area contributed by atoms with E-state index in [0.717, 1.165) is 0 Å². The van der Waals surface area contributed by atoms with Crippen LogP contribution in [0.25, 0.3) is 0 Å². The maximum atomic E-state index is 11.6. The van der Waals surface area contributed by atoms with Crippen molar-refractivity contribution >= 4 is 5.78 Å². The summed E-state index contributed by atoms with van der Waals surface area (Å²) < 4.78 is 0. The minimum absolute atomic E-state index is 0.0175. The number of rotatable bonds is 2. The van der Waals surface area contributed by atoms with E-state index in [9.17, 15) is 4.79 Å². The summed E-state index contributed by atoms with van der Waals surface area (Å²) in [7, 11) is 0. The van der Waals surface area contributed by atoms with E-state index in [-0.39, 0.29) is 16.6 Å². The quantitative estimate of drug-likeness (QED) is 0.579. The minimum Gasteiger partial charge on any atom is -0.294 e. The van der Waals surface area contributed by atoms with E-state index in [4.69, 9.17) is 0 Å². The zero-order valence-electron chi connectivity index (χ0n) is 9.06. The number of hydrogen-bond acceptors (Lipinski definition) is 1. The van der Waals surface area contributed by atoms with Crippen LogP contribution in [0.4, 0.5) is 0 Å². The normalized spacial score (nSPS) is 13.8. The van der Waals surface area contributed by atoms with Crippen molar-refractivity contribution in [1.29, 1.82) is 0 Å². The van der Waals surface area contributed by atoms with Crippen LogP contribution < -0.4 is 0 Å². The number of carbonyl (C=O) groups excluding carboxylic acids is 1. The van der Waals surface area contributed by atoms with Crippen LogP contribution in [0.3, 0.4) is 0 Å². The molecular weight excluding hydrogens is 148 g/mol. The highest BCUT2D eigenvalue weighted by molar-refractivity contribution is 5.94. The van der Waals surface area contributed by atoms with Crippen molar-refractivity contribution in [1.82, 2.24) is 0 Å². The molecule has 0 spiro atoms. The zero-order valence-corrected chi connectivity index (χ0v) is 9.06. The summed E-state index contributed by atoms with van der Waals surface area (Å²) in [4.78, 5) is 11.6. The van der Waals surface area contributed by atoms with Crippen LogP contribution >= 0.6 is 0 Å². The van der Waals surface area contributed by atoms with Crippen LogP contribution in [0.5, 0.6) is 0 Å². The van der Waals surface area contributed by atoms with Gasteiger partial charge in [-0.15, -0.1) is 0 Å². The summed E-state index contributed by atoms with van der Waals surface area (Å²) in [5, 5.41) is 0. The molecule has 0 unspecified atom stereocenters. The standard InChI is InChI=1S/C11H20O/c1-7-8-9(12)11(5,6)10(2,3)4/h7-8H,1-6H3/b8-7+. The van der Waals surface area contributed by atoms with E-state index in [0.29, 0.717) is 0 Å². The number of hydrogen-bond donors (Lipinski definition) is 0. The van der Waals surface area contributed by atoms with Gasteiger partial charge in [0.1, 0.15) is 0 Å². The van der Waals surface area contributed by atoms with E-state index < -0.39 is 0 Å². The molecule has 0 saturated heterocycles. The van der Waals surface area contributed by atoms with E-state index in [1.807, 2.05) is 20.8 Å². The Morgan fingerprint density at radius 2 is 1.50 bits per heavy atom. The molecule has 0 rings (SSSR count). The molecule has 0 aliphatic heterocycles. The molecule has 0 N–H and O–H groups in total. The molecule has 0 amide bonds. The summed E-state index contributed by atoms with van der Waals surface area (Å²) in [5.41, 5.74) is -0.261. The van der Waals surface area contributed by atoms with Gasteiger partial charge in [-0.25, -0.2) is 0 Å². The molecular formula is C11H20O. The van der Waals surface area contributed by atoms with Gasteiger partial charge in [0, 0.05) is 5.41 Å². The molecule has 0 aromatic heterocycles. The maximum Gasteiger partial charge on any atom is 0.161 e. The lowest BCUT2D eigenvalue weighted by molar-refractivity contribution is -0.127. The zero-order chi connectivity index (χ0) is 9.99. The number of allylic oxidation sites excluding steroid dienone is 2. The molecule has 0 fully saturated rings. The second kappa shape index (κ2) is 3.42. The van der Waals surface area contributed by atoms with Crippen molar-refractivity contribution < 1.29 is 4.79 Å². The minimum atomic E-state index is -0.278. The van der Waals surface area contributed by atoms with Crippen molar-refractivity contribution in [2.24, 2.45) is 10.8 Å². The van der Waals surface area contributed by atoms with Crippen molar-refractivity contribution in [3.8, 4) is 0 Å². The highest BCUT2D eigenvalue weighted by Crippen LogP contribution is 2.38. The van der Waals surface area contributed by atoms with Gasteiger partial charge in [-0.1, -0.05) is 40.7 Å². The van der Waals surface area contributed by atoms with Crippen LogP contribution in [-0.4, -0.2) is 5.78 Å². The van der Waals surface area contributed by atoms with Gasteiger partial charge < -0.3 is 0 Å². The van der Waals surface area contributed by atoms with Gasteiger partial charge in [-0.3, -0.25) is 4.79 Å². The van der Waals surface area contributed by atoms with E-state index in [1.54, 1.807) is 12.2 Å². The Balaban J connectivity index is 4.74. The first-order valence-electron chi connectivity index (χ1n) is 4.40. The molecule has 0 atom stereocenters. The van der Waals surface area contributed by atoms with Crippen LogP contribution in [0.15, 0.2) is 12.2 Å². The molecule has 0 aromatic carbocycles. The second-order valence-electron chi connectivity index (χ2n) is 4.74. The SMILES string of the molecule is C/C=C/C(=O)C(C)(C)C(C)(C)C. The van der Waals surface area contributed by atoms with Gasteiger partial charge in [0.25, 0.3) is 0 Å². The number of ketones is 1. The van der Waals surface area contributed by atoms with E-state index in [2.05, 4.69) is 20.8 Å². The topological polar surface area (TPSA) is 17.1 Å². The van der Waals surface area contributed by atoms with Crippen LogP contribution in [0, 0.1) is 10.8 Å². The fraction of sp³-hybridized carbons (Fsp3) is 0.727. The third kappa shape index (κ3) is 2.20. The molecule has 0 aliphatic rings. The predicted octanol–water partition coefficient (Wildman–Crippen LogP) is 3.20. The predicted molar refractivity (Wildman–Crippen MR) is 53.1 cm³/mol. The Morgan fingerprint density at radius 1 is 1.08 bits per heavy atom. The Labute approximate surface area is 75.9 Å². The Morgan fingerprint density at radius 3 is 1.75 bits per heavy atom. The highest BCUT2D eigenvalue weighted by Gasteiger charge is 2.37. The largest absolute Gasteiger partial charge is 0.294 e. The van der Waals surface area contributed by atoms with E-state index in [1.165, 1.54) is 0 Å². The monoisotopic (exact) mass is 168 g/mol. The van der Waals surface area contributed by atoms with Crippen molar-refractivity contribution in [2.45, 2.75) is 41.5 Å². The summed E-state index contributed by atoms with van der Waals surface area (Å²) in [6, 6.07) is 0. The van der Waals surface area contributed by atoms with Gasteiger partial charge in [0.15, 0.2) is 5.78 Å². The fourth-order valence-electron chi connectivity index (χ4n) is 0.729. The van der Waals surface area contributed by atoms with Crippen LogP contribution in [0.2, 0.25) is 0 Å². The lowest BCUT2D eigenvalue weighted by Crippen LogP contribution is -2.36. The molecule has 70 valence electrons. The lowest BCUT2D eigenvalue weighted by Gasteiger charge is -2.36. The average molecular weight is 168 g/mol. The van der Waals surface area contributed by atoms with Gasteiger partial charge in [0.2, 0.25) is 0 Å².